The number of morpholine rings is 1. The Morgan fingerprint density at radius 1 is 1.11 bits per heavy atom. The van der Waals surface area contributed by atoms with Gasteiger partial charge in [-0.25, -0.2) is 4.79 Å². The first-order valence-electron chi connectivity index (χ1n) is 11.8. The molecular formula is C26H29N5O3S. The number of para-hydroxylation sites is 1. The molecule has 2 aliphatic heterocycles. The van der Waals surface area contributed by atoms with Crippen molar-refractivity contribution in [1.82, 2.24) is 24.7 Å². The molecule has 4 heterocycles. The number of rotatable bonds is 7. The van der Waals surface area contributed by atoms with Crippen molar-refractivity contribution in [2.75, 3.05) is 46.5 Å². The number of esters is 1. The van der Waals surface area contributed by atoms with Gasteiger partial charge in [0.25, 0.3) is 0 Å². The quantitative estimate of drug-likeness (QED) is 0.400. The Labute approximate surface area is 210 Å². The van der Waals surface area contributed by atoms with Crippen molar-refractivity contribution in [3.8, 4) is 5.69 Å². The molecule has 8 nitrogen and oxygen atoms in total. The third-order valence-electron chi connectivity index (χ3n) is 6.61. The van der Waals surface area contributed by atoms with Gasteiger partial charge < -0.3 is 24.3 Å². The number of nitrogens with zero attached hydrogens (tertiary/aromatic N) is 4. The van der Waals surface area contributed by atoms with Crippen LogP contribution in [-0.4, -0.2) is 76.9 Å². The Morgan fingerprint density at radius 2 is 1.91 bits per heavy atom. The lowest BCUT2D eigenvalue weighted by Gasteiger charge is -2.32. The first-order valence-corrected chi connectivity index (χ1v) is 12.2. The molecule has 9 heteroatoms. The van der Waals surface area contributed by atoms with Crippen LogP contribution in [0.25, 0.3) is 5.69 Å². The fraction of sp³-hybridized carbons (Fsp3) is 0.346. The zero-order valence-electron chi connectivity index (χ0n) is 19.7. The summed E-state index contributed by atoms with van der Waals surface area (Å²) in [5, 5.41) is 4.22. The third kappa shape index (κ3) is 4.80. The standard InChI is InChI=1S/C26H29N5O3S/c1-33-25(32)19-7-2-3-9-21(19)30-12-6-10-22(30)24-23(20-8-4-5-11-27-20)28-26(35)31(24)14-13-29-15-17-34-18-16-29/h2-12,23-24H,13-18H2,1H3,(H,28,35). The van der Waals surface area contributed by atoms with Crippen LogP contribution < -0.4 is 5.32 Å². The summed E-state index contributed by atoms with van der Waals surface area (Å²) in [4.78, 5) is 21.8. The van der Waals surface area contributed by atoms with Crippen LogP contribution >= 0.6 is 12.2 Å². The summed E-state index contributed by atoms with van der Waals surface area (Å²) in [5.74, 6) is -0.370. The van der Waals surface area contributed by atoms with Gasteiger partial charge in [-0.2, -0.15) is 0 Å². The first kappa shape index (κ1) is 23.5. The van der Waals surface area contributed by atoms with Crippen LogP contribution in [0.4, 0.5) is 0 Å². The lowest BCUT2D eigenvalue weighted by molar-refractivity contribution is 0.0349. The van der Waals surface area contributed by atoms with Crippen LogP contribution in [0.15, 0.2) is 67.0 Å². The van der Waals surface area contributed by atoms with Gasteiger partial charge in [0.15, 0.2) is 5.11 Å². The minimum Gasteiger partial charge on any atom is -0.465 e. The van der Waals surface area contributed by atoms with Crippen LogP contribution in [0.1, 0.15) is 33.8 Å². The molecule has 0 spiro atoms. The molecule has 0 radical (unpaired) electrons. The number of methoxy groups -OCH3 is 1. The van der Waals surface area contributed by atoms with Gasteiger partial charge in [0, 0.05) is 44.3 Å². The van der Waals surface area contributed by atoms with E-state index in [1.807, 2.05) is 48.7 Å². The SMILES string of the molecule is COC(=O)c1ccccc1-n1cccc1C1C(c2ccccn2)NC(=S)N1CCN1CCOCC1. The molecule has 2 aliphatic rings. The summed E-state index contributed by atoms with van der Waals surface area (Å²) < 4.78 is 12.6. The molecule has 3 aromatic rings. The second-order valence-corrected chi connectivity index (χ2v) is 8.97. The maximum atomic E-state index is 12.5. The molecule has 0 aliphatic carbocycles. The number of ether oxygens (including phenoxy) is 2. The van der Waals surface area contributed by atoms with Crippen molar-refractivity contribution in [2.24, 2.45) is 0 Å². The van der Waals surface area contributed by atoms with Gasteiger partial charge in [0.1, 0.15) is 0 Å². The maximum Gasteiger partial charge on any atom is 0.339 e. The maximum absolute atomic E-state index is 12.5. The van der Waals surface area contributed by atoms with Gasteiger partial charge in [-0.1, -0.05) is 18.2 Å². The minimum atomic E-state index is -0.370. The number of carbonyl (C=O) groups is 1. The first-order chi connectivity index (χ1) is 17.2. The smallest absolute Gasteiger partial charge is 0.339 e. The van der Waals surface area contributed by atoms with E-state index in [9.17, 15) is 4.79 Å². The zero-order valence-corrected chi connectivity index (χ0v) is 20.5. The van der Waals surface area contributed by atoms with Crippen LogP contribution in [0.2, 0.25) is 0 Å². The van der Waals surface area contributed by atoms with Gasteiger partial charge >= 0.3 is 5.97 Å². The summed E-state index contributed by atoms with van der Waals surface area (Å²) in [6.45, 7) is 5.02. The van der Waals surface area contributed by atoms with E-state index in [1.54, 1.807) is 12.3 Å². The van der Waals surface area contributed by atoms with E-state index < -0.39 is 0 Å². The van der Waals surface area contributed by atoms with Crippen molar-refractivity contribution in [2.45, 2.75) is 12.1 Å². The summed E-state index contributed by atoms with van der Waals surface area (Å²) in [5.41, 5.74) is 3.22. The van der Waals surface area contributed by atoms with Gasteiger partial charge in [-0.05, 0) is 48.6 Å². The Kier molecular flexibility index (Phi) is 7.08. The number of nitrogens with one attached hydrogen (secondary N) is 1. The van der Waals surface area contributed by atoms with Crippen LogP contribution in [0.5, 0.6) is 0 Å². The lowest BCUT2D eigenvalue weighted by atomic mass is 10.0. The monoisotopic (exact) mass is 491 g/mol. The van der Waals surface area contributed by atoms with E-state index in [1.165, 1.54) is 7.11 Å². The van der Waals surface area contributed by atoms with Gasteiger partial charge in [0.2, 0.25) is 0 Å². The van der Waals surface area contributed by atoms with Gasteiger partial charge in [-0.3, -0.25) is 9.88 Å². The van der Waals surface area contributed by atoms with E-state index in [2.05, 4.69) is 30.7 Å². The molecule has 2 unspecified atom stereocenters. The largest absolute Gasteiger partial charge is 0.465 e. The number of pyridine rings is 1. The molecule has 1 aromatic carbocycles. The van der Waals surface area contributed by atoms with Crippen LogP contribution in [0.3, 0.4) is 0 Å². The highest BCUT2D eigenvalue weighted by Gasteiger charge is 2.41. The van der Waals surface area contributed by atoms with Crippen molar-refractivity contribution < 1.29 is 14.3 Å². The Morgan fingerprint density at radius 3 is 2.69 bits per heavy atom. The third-order valence-corrected chi connectivity index (χ3v) is 6.96. The molecule has 35 heavy (non-hydrogen) atoms. The molecule has 0 amide bonds. The summed E-state index contributed by atoms with van der Waals surface area (Å²) >= 11 is 5.84. The molecule has 2 aromatic heterocycles. The van der Waals surface area contributed by atoms with E-state index >= 15 is 0 Å². The van der Waals surface area contributed by atoms with Crippen LogP contribution in [0, 0.1) is 0 Å². The number of hydrogen-bond donors (Lipinski definition) is 1. The van der Waals surface area contributed by atoms with Gasteiger partial charge in [0.05, 0.1) is 49.4 Å². The normalized spacial score (nSPS) is 20.6. The number of hydrogen-bond acceptors (Lipinski definition) is 6. The predicted molar refractivity (Wildman–Crippen MR) is 137 cm³/mol. The molecule has 5 rings (SSSR count). The number of carbonyl (C=O) groups excluding carboxylic acids is 1. The van der Waals surface area contributed by atoms with Gasteiger partial charge in [-0.15, -0.1) is 0 Å². The van der Waals surface area contributed by atoms with E-state index in [0.29, 0.717) is 10.7 Å². The Balaban J connectivity index is 1.54. The molecule has 0 saturated carbocycles. The number of thiocarbonyl (C=S) groups is 1. The van der Waals surface area contributed by atoms with Crippen molar-refractivity contribution in [3.63, 3.8) is 0 Å². The minimum absolute atomic E-state index is 0.112. The summed E-state index contributed by atoms with van der Waals surface area (Å²) in [6.07, 6.45) is 3.78. The average molecular weight is 492 g/mol. The molecule has 2 fully saturated rings. The topological polar surface area (TPSA) is 71.9 Å². The number of aromatic nitrogens is 2. The second-order valence-electron chi connectivity index (χ2n) is 8.59. The highest BCUT2D eigenvalue weighted by atomic mass is 32.1. The van der Waals surface area contributed by atoms with E-state index in [0.717, 1.165) is 56.5 Å². The highest BCUT2D eigenvalue weighted by Crippen LogP contribution is 2.39. The summed E-state index contributed by atoms with van der Waals surface area (Å²) in [6, 6.07) is 17.3. The highest BCUT2D eigenvalue weighted by molar-refractivity contribution is 7.80. The molecular weight excluding hydrogens is 462 g/mol. The fourth-order valence-electron chi connectivity index (χ4n) is 4.86. The zero-order chi connectivity index (χ0) is 24.2. The van der Waals surface area contributed by atoms with Crippen molar-refractivity contribution in [1.29, 1.82) is 0 Å². The predicted octanol–water partition coefficient (Wildman–Crippen LogP) is 2.96. The van der Waals surface area contributed by atoms with Crippen molar-refractivity contribution in [3.05, 3.63) is 83.9 Å². The molecule has 2 atom stereocenters. The molecule has 1 N–H and O–H groups in total. The Hall–Kier alpha value is -3.27. The van der Waals surface area contributed by atoms with Crippen LogP contribution in [-0.2, 0) is 9.47 Å². The average Bonchev–Trinajstić information content (AvgIpc) is 3.52. The molecule has 182 valence electrons. The molecule has 0 bridgehead atoms. The Bertz CT molecular complexity index is 1180. The number of benzene rings is 1. The fourth-order valence-corrected chi connectivity index (χ4v) is 5.19. The van der Waals surface area contributed by atoms with E-state index in [-0.39, 0.29) is 18.1 Å². The van der Waals surface area contributed by atoms with E-state index in [4.69, 9.17) is 21.7 Å². The lowest BCUT2D eigenvalue weighted by Crippen LogP contribution is -2.42. The summed E-state index contributed by atoms with van der Waals surface area (Å²) in [7, 11) is 1.40. The molecule has 2 saturated heterocycles. The van der Waals surface area contributed by atoms with Crippen molar-refractivity contribution >= 4 is 23.3 Å². The second kappa shape index (κ2) is 10.6.